The van der Waals surface area contributed by atoms with Gasteiger partial charge in [-0.2, -0.15) is 0 Å². The molecule has 1 aliphatic heterocycles. The van der Waals surface area contributed by atoms with Gasteiger partial charge in [-0.15, -0.1) is 0 Å². The summed E-state index contributed by atoms with van der Waals surface area (Å²) < 4.78 is 0. The fourth-order valence-corrected chi connectivity index (χ4v) is 2.59. The van der Waals surface area contributed by atoms with Gasteiger partial charge < -0.3 is 4.90 Å². The number of nitrogens with zero attached hydrogens (tertiary/aromatic N) is 4. The van der Waals surface area contributed by atoms with Crippen molar-refractivity contribution in [1.29, 1.82) is 0 Å². The van der Waals surface area contributed by atoms with Crippen molar-refractivity contribution in [2.75, 3.05) is 18.0 Å². The summed E-state index contributed by atoms with van der Waals surface area (Å²) in [4.78, 5) is 16.4. The Morgan fingerprint density at radius 3 is 2.84 bits per heavy atom. The zero-order valence-corrected chi connectivity index (χ0v) is 11.8. The van der Waals surface area contributed by atoms with Gasteiger partial charge in [-0.25, -0.2) is 0 Å². The van der Waals surface area contributed by atoms with Gasteiger partial charge in [0, 0.05) is 30.1 Å². The van der Waals surface area contributed by atoms with Gasteiger partial charge in [-0.1, -0.05) is 28.3 Å². The highest BCUT2D eigenvalue weighted by Gasteiger charge is 2.31. The van der Waals surface area contributed by atoms with E-state index in [1.54, 1.807) is 17.0 Å². The zero-order valence-electron chi connectivity index (χ0n) is 10.3. The van der Waals surface area contributed by atoms with Crippen molar-refractivity contribution in [3.63, 3.8) is 0 Å². The number of anilines is 1. The maximum atomic E-state index is 12.0. The van der Waals surface area contributed by atoms with Crippen LogP contribution in [0.15, 0.2) is 17.2 Å². The van der Waals surface area contributed by atoms with Gasteiger partial charge in [0.1, 0.15) is 0 Å². The van der Waals surface area contributed by atoms with Gasteiger partial charge in [0.05, 0.1) is 10.0 Å². The lowest BCUT2D eigenvalue weighted by Gasteiger charge is -2.19. The normalized spacial score (nSPS) is 18.6. The van der Waals surface area contributed by atoms with Crippen LogP contribution in [0.4, 0.5) is 5.69 Å². The summed E-state index contributed by atoms with van der Waals surface area (Å²) in [6.07, 6.45) is 0.388. The molecule has 0 aromatic heterocycles. The average Bonchev–Trinajstić information content (AvgIpc) is 2.72. The molecule has 1 heterocycles. The lowest BCUT2D eigenvalue weighted by Crippen LogP contribution is -2.25. The molecule has 1 unspecified atom stereocenters. The van der Waals surface area contributed by atoms with Crippen LogP contribution in [-0.4, -0.2) is 19.0 Å². The number of benzene rings is 1. The molecule has 1 aliphatic rings. The highest BCUT2D eigenvalue weighted by molar-refractivity contribution is 6.42. The molecule has 0 bridgehead atoms. The standard InChI is InChI=1S/C12H12Cl2N4O/c1-7-2-9(13)10(14)4-11(7)18-6-8(3-12(18)19)5-16-17-15/h2,4,8H,3,5-6H2,1H3. The largest absolute Gasteiger partial charge is 0.312 e. The Hall–Kier alpha value is -1.42. The van der Waals surface area contributed by atoms with E-state index < -0.39 is 0 Å². The molecule has 1 saturated heterocycles. The van der Waals surface area contributed by atoms with Gasteiger partial charge in [-0.3, -0.25) is 4.79 Å². The van der Waals surface area contributed by atoms with Crippen molar-refractivity contribution in [2.45, 2.75) is 13.3 Å². The molecule has 0 radical (unpaired) electrons. The van der Waals surface area contributed by atoms with Crippen LogP contribution in [0.25, 0.3) is 10.4 Å². The van der Waals surface area contributed by atoms with E-state index in [1.165, 1.54) is 0 Å². The van der Waals surface area contributed by atoms with Crippen LogP contribution in [0.1, 0.15) is 12.0 Å². The fraction of sp³-hybridized carbons (Fsp3) is 0.417. The summed E-state index contributed by atoms with van der Waals surface area (Å²) in [5.74, 6) is 0.0666. The Balaban J connectivity index is 2.25. The number of azide groups is 1. The molecular formula is C12H12Cl2N4O. The second-order valence-corrected chi connectivity index (χ2v) is 5.36. The van der Waals surface area contributed by atoms with E-state index in [-0.39, 0.29) is 11.8 Å². The fourth-order valence-electron chi connectivity index (χ4n) is 2.22. The highest BCUT2D eigenvalue weighted by atomic mass is 35.5. The third kappa shape index (κ3) is 2.95. The minimum absolute atomic E-state index is 0.0135. The first-order valence-electron chi connectivity index (χ1n) is 5.79. The summed E-state index contributed by atoms with van der Waals surface area (Å²) in [5.41, 5.74) is 9.98. The number of rotatable bonds is 3. The van der Waals surface area contributed by atoms with Crippen molar-refractivity contribution >= 4 is 34.8 Å². The predicted octanol–water partition coefficient (Wildman–Crippen LogP) is 3.97. The Labute approximate surface area is 120 Å². The van der Waals surface area contributed by atoms with Crippen molar-refractivity contribution in [1.82, 2.24) is 0 Å². The second kappa shape index (κ2) is 5.70. The smallest absolute Gasteiger partial charge is 0.227 e. The molecule has 100 valence electrons. The second-order valence-electron chi connectivity index (χ2n) is 4.54. The molecule has 0 N–H and O–H groups in total. The van der Waals surface area contributed by atoms with Gasteiger partial charge in [0.25, 0.3) is 0 Å². The Morgan fingerprint density at radius 2 is 2.16 bits per heavy atom. The minimum Gasteiger partial charge on any atom is -0.312 e. The average molecular weight is 299 g/mol. The first kappa shape index (κ1) is 14.0. The molecule has 19 heavy (non-hydrogen) atoms. The van der Waals surface area contributed by atoms with E-state index in [2.05, 4.69) is 10.0 Å². The van der Waals surface area contributed by atoms with E-state index in [1.807, 2.05) is 6.92 Å². The molecule has 1 fully saturated rings. The zero-order chi connectivity index (χ0) is 14.0. The first-order valence-corrected chi connectivity index (χ1v) is 6.55. The summed E-state index contributed by atoms with van der Waals surface area (Å²) >= 11 is 11.9. The van der Waals surface area contributed by atoms with E-state index in [0.29, 0.717) is 29.6 Å². The van der Waals surface area contributed by atoms with E-state index in [4.69, 9.17) is 28.7 Å². The number of halogens is 2. The lowest BCUT2D eigenvalue weighted by molar-refractivity contribution is -0.117. The molecule has 2 rings (SSSR count). The van der Waals surface area contributed by atoms with Crippen LogP contribution in [-0.2, 0) is 4.79 Å². The Bertz CT molecular complexity index is 569. The number of hydrogen-bond donors (Lipinski definition) is 0. The molecule has 7 heteroatoms. The SMILES string of the molecule is Cc1cc(Cl)c(Cl)cc1N1CC(CN=[N+]=[N-])CC1=O. The third-order valence-corrected chi connectivity index (χ3v) is 3.86. The van der Waals surface area contributed by atoms with Crippen molar-refractivity contribution in [3.05, 3.63) is 38.2 Å². The van der Waals surface area contributed by atoms with Crippen LogP contribution < -0.4 is 4.90 Å². The molecule has 1 aromatic carbocycles. The van der Waals surface area contributed by atoms with Gasteiger partial charge in [-0.05, 0) is 36.1 Å². The van der Waals surface area contributed by atoms with Crippen molar-refractivity contribution in [3.8, 4) is 0 Å². The lowest BCUT2D eigenvalue weighted by atomic mass is 10.1. The maximum Gasteiger partial charge on any atom is 0.227 e. The van der Waals surface area contributed by atoms with Crippen LogP contribution in [0.2, 0.25) is 10.0 Å². The van der Waals surface area contributed by atoms with E-state index in [0.717, 1.165) is 11.3 Å². The van der Waals surface area contributed by atoms with Crippen LogP contribution in [0.5, 0.6) is 0 Å². The quantitative estimate of drug-likeness (QED) is 0.473. The number of carbonyl (C=O) groups excluding carboxylic acids is 1. The number of carbonyl (C=O) groups is 1. The van der Waals surface area contributed by atoms with Gasteiger partial charge in [0.15, 0.2) is 0 Å². The van der Waals surface area contributed by atoms with Gasteiger partial charge in [0.2, 0.25) is 5.91 Å². The first-order chi connectivity index (χ1) is 9.02. The minimum atomic E-state index is 0.0135. The van der Waals surface area contributed by atoms with Crippen LogP contribution >= 0.6 is 23.2 Å². The molecule has 0 saturated carbocycles. The topological polar surface area (TPSA) is 69.1 Å². The van der Waals surface area contributed by atoms with Gasteiger partial charge >= 0.3 is 0 Å². The van der Waals surface area contributed by atoms with Crippen LogP contribution in [0.3, 0.4) is 0 Å². The van der Waals surface area contributed by atoms with Crippen LogP contribution in [0, 0.1) is 12.8 Å². The molecule has 1 amide bonds. The highest BCUT2D eigenvalue weighted by Crippen LogP contribution is 2.34. The molecule has 1 atom stereocenters. The van der Waals surface area contributed by atoms with E-state index in [9.17, 15) is 4.79 Å². The summed E-state index contributed by atoms with van der Waals surface area (Å²) in [5, 5.41) is 4.42. The molecule has 0 spiro atoms. The number of amides is 1. The Kier molecular flexibility index (Phi) is 4.20. The predicted molar refractivity (Wildman–Crippen MR) is 75.7 cm³/mol. The van der Waals surface area contributed by atoms with Crippen molar-refractivity contribution < 1.29 is 4.79 Å². The Morgan fingerprint density at radius 1 is 1.47 bits per heavy atom. The maximum absolute atomic E-state index is 12.0. The van der Waals surface area contributed by atoms with Crippen molar-refractivity contribution in [2.24, 2.45) is 11.0 Å². The summed E-state index contributed by atoms with van der Waals surface area (Å²) in [6, 6.07) is 3.44. The molecule has 0 aliphatic carbocycles. The molecular weight excluding hydrogens is 287 g/mol. The summed E-state index contributed by atoms with van der Waals surface area (Å²) in [7, 11) is 0. The number of aryl methyl sites for hydroxylation is 1. The summed E-state index contributed by atoms with van der Waals surface area (Å²) in [6.45, 7) is 2.75. The third-order valence-electron chi connectivity index (χ3n) is 3.14. The molecule has 1 aromatic rings. The van der Waals surface area contributed by atoms with E-state index >= 15 is 0 Å². The monoisotopic (exact) mass is 298 g/mol. The number of hydrogen-bond acceptors (Lipinski definition) is 2. The molecule has 5 nitrogen and oxygen atoms in total.